The van der Waals surface area contributed by atoms with Gasteiger partial charge in [-0.25, -0.2) is 9.78 Å². The second kappa shape index (κ2) is 7.37. The summed E-state index contributed by atoms with van der Waals surface area (Å²) >= 11 is 1.86. The van der Waals surface area contributed by atoms with Crippen LogP contribution in [0.2, 0.25) is 0 Å². The number of aryl methyl sites for hydroxylation is 1. The maximum Gasteiger partial charge on any atom is 0.321 e. The minimum absolute atomic E-state index is 0.0560. The summed E-state index contributed by atoms with van der Waals surface area (Å²) in [5.74, 6) is 1.57. The zero-order valence-corrected chi connectivity index (χ0v) is 15.4. The molecule has 1 atom stereocenters. The molecule has 1 aliphatic heterocycles. The van der Waals surface area contributed by atoms with E-state index in [4.69, 9.17) is 0 Å². The Morgan fingerprint density at radius 2 is 2.23 bits per heavy atom. The molecule has 2 aromatic heterocycles. The fourth-order valence-corrected chi connectivity index (χ4v) is 4.22. The summed E-state index contributed by atoms with van der Waals surface area (Å²) in [7, 11) is 0. The Bertz CT molecular complexity index is 911. The van der Waals surface area contributed by atoms with Crippen molar-refractivity contribution in [2.75, 3.05) is 24.2 Å². The normalized spacial score (nSPS) is 17.0. The number of likely N-dealkylation sites (tertiary alicyclic amines) is 1. The fourth-order valence-electron chi connectivity index (χ4n) is 3.17. The molecule has 2 N–H and O–H groups in total. The van der Waals surface area contributed by atoms with Gasteiger partial charge in [-0.2, -0.15) is 5.10 Å². The number of benzene rings is 1. The summed E-state index contributed by atoms with van der Waals surface area (Å²) < 4.78 is 0. The van der Waals surface area contributed by atoms with Crippen LogP contribution in [-0.2, 0) is 0 Å². The molecule has 7 heteroatoms. The van der Waals surface area contributed by atoms with Crippen LogP contribution in [0.15, 0.2) is 47.5 Å². The predicted molar refractivity (Wildman–Crippen MR) is 104 cm³/mol. The molecule has 1 aliphatic rings. The molecular formula is C19H21N5OS. The van der Waals surface area contributed by atoms with Crippen molar-refractivity contribution in [3.05, 3.63) is 48.3 Å². The number of anilines is 1. The highest BCUT2D eigenvalue weighted by Gasteiger charge is 2.26. The molecule has 0 radical (unpaired) electrons. The molecule has 3 aromatic rings. The number of H-pyrrole nitrogens is 1. The van der Waals surface area contributed by atoms with Crippen LogP contribution in [0.1, 0.15) is 12.1 Å². The van der Waals surface area contributed by atoms with Gasteiger partial charge < -0.3 is 10.2 Å². The lowest BCUT2D eigenvalue weighted by Gasteiger charge is -2.17. The summed E-state index contributed by atoms with van der Waals surface area (Å²) in [4.78, 5) is 20.0. The number of rotatable bonds is 4. The Kier molecular flexibility index (Phi) is 4.79. The number of nitrogens with zero attached hydrogens (tertiary/aromatic N) is 3. The molecule has 2 amide bonds. The second-order valence-electron chi connectivity index (χ2n) is 6.60. The van der Waals surface area contributed by atoms with E-state index in [1.54, 1.807) is 6.20 Å². The number of carbonyl (C=O) groups is 1. The number of aromatic amines is 1. The van der Waals surface area contributed by atoms with Gasteiger partial charge in [0.25, 0.3) is 0 Å². The molecule has 0 bridgehead atoms. The Morgan fingerprint density at radius 3 is 3.08 bits per heavy atom. The molecule has 6 nitrogen and oxygen atoms in total. The molecule has 0 unspecified atom stereocenters. The third-order valence-corrected chi connectivity index (χ3v) is 5.90. The number of aromatic nitrogens is 3. The van der Waals surface area contributed by atoms with Crippen LogP contribution >= 0.6 is 11.8 Å². The molecule has 0 spiro atoms. The molecule has 1 aromatic carbocycles. The van der Waals surface area contributed by atoms with Crippen molar-refractivity contribution in [2.45, 2.75) is 18.2 Å². The van der Waals surface area contributed by atoms with Crippen molar-refractivity contribution in [2.24, 2.45) is 5.92 Å². The quantitative estimate of drug-likeness (QED) is 0.686. The molecule has 0 saturated carbocycles. The SMILES string of the molecule is Cc1[nH]nc2ncc(NC(=O)N3CC[C@H](CSc4ccccc4)C3)cc12. The number of pyridine rings is 1. The monoisotopic (exact) mass is 367 g/mol. The Balaban J connectivity index is 1.32. The lowest BCUT2D eigenvalue weighted by Crippen LogP contribution is -2.33. The van der Waals surface area contributed by atoms with Gasteiger partial charge in [0, 0.05) is 34.8 Å². The van der Waals surface area contributed by atoms with E-state index >= 15 is 0 Å². The van der Waals surface area contributed by atoms with Gasteiger partial charge in [0.1, 0.15) is 0 Å². The van der Waals surface area contributed by atoms with Gasteiger partial charge in [-0.1, -0.05) is 18.2 Å². The van der Waals surface area contributed by atoms with E-state index in [1.807, 2.05) is 35.7 Å². The van der Waals surface area contributed by atoms with Crippen LogP contribution in [0.25, 0.3) is 11.0 Å². The largest absolute Gasteiger partial charge is 0.324 e. The minimum atomic E-state index is -0.0560. The molecule has 26 heavy (non-hydrogen) atoms. The van der Waals surface area contributed by atoms with Crippen LogP contribution in [0.5, 0.6) is 0 Å². The fraction of sp³-hybridized carbons (Fsp3) is 0.316. The zero-order chi connectivity index (χ0) is 17.9. The standard InChI is InChI=1S/C19H21N5OS/c1-13-17-9-15(10-20-18(17)23-22-13)21-19(25)24-8-7-14(11-24)12-26-16-5-3-2-4-6-16/h2-6,9-10,14H,7-8,11-12H2,1H3,(H,21,25)(H,20,22,23)/t14-/m0/s1. The number of thioether (sulfide) groups is 1. The summed E-state index contributed by atoms with van der Waals surface area (Å²) in [6.45, 7) is 3.54. The molecule has 1 saturated heterocycles. The first-order valence-corrected chi connectivity index (χ1v) is 9.72. The van der Waals surface area contributed by atoms with Crippen molar-refractivity contribution >= 4 is 34.5 Å². The van der Waals surface area contributed by atoms with Crippen LogP contribution in [0.3, 0.4) is 0 Å². The van der Waals surface area contributed by atoms with Gasteiger partial charge in [0.2, 0.25) is 0 Å². The van der Waals surface area contributed by atoms with E-state index in [0.29, 0.717) is 17.3 Å². The van der Waals surface area contributed by atoms with Gasteiger partial charge in [0.15, 0.2) is 5.65 Å². The van der Waals surface area contributed by atoms with Gasteiger partial charge in [-0.3, -0.25) is 5.10 Å². The highest BCUT2D eigenvalue weighted by molar-refractivity contribution is 7.99. The molecule has 1 fully saturated rings. The highest BCUT2D eigenvalue weighted by Crippen LogP contribution is 2.26. The summed E-state index contributed by atoms with van der Waals surface area (Å²) in [6.07, 6.45) is 2.70. The van der Waals surface area contributed by atoms with Crippen molar-refractivity contribution in [1.82, 2.24) is 20.1 Å². The first kappa shape index (κ1) is 16.9. The maximum atomic E-state index is 12.6. The number of hydrogen-bond acceptors (Lipinski definition) is 4. The topological polar surface area (TPSA) is 73.9 Å². The van der Waals surface area contributed by atoms with Gasteiger partial charge in [-0.05, 0) is 37.5 Å². The van der Waals surface area contributed by atoms with Gasteiger partial charge in [0.05, 0.1) is 11.9 Å². The summed E-state index contributed by atoms with van der Waals surface area (Å²) in [6, 6.07) is 12.3. The Hall–Kier alpha value is -2.54. The minimum Gasteiger partial charge on any atom is -0.324 e. The third kappa shape index (κ3) is 3.67. The second-order valence-corrected chi connectivity index (χ2v) is 7.69. The smallest absolute Gasteiger partial charge is 0.321 e. The average Bonchev–Trinajstić information content (AvgIpc) is 3.28. The molecule has 0 aliphatic carbocycles. The number of carbonyl (C=O) groups excluding carboxylic acids is 1. The van der Waals surface area contributed by atoms with Crippen LogP contribution in [0, 0.1) is 12.8 Å². The van der Waals surface area contributed by atoms with Gasteiger partial charge >= 0.3 is 6.03 Å². The van der Waals surface area contributed by atoms with Crippen molar-refractivity contribution in [1.29, 1.82) is 0 Å². The number of hydrogen-bond donors (Lipinski definition) is 2. The number of amides is 2. The first-order chi connectivity index (χ1) is 12.7. The van der Waals surface area contributed by atoms with E-state index < -0.39 is 0 Å². The predicted octanol–water partition coefficient (Wildman–Crippen LogP) is 3.91. The first-order valence-electron chi connectivity index (χ1n) is 8.73. The average molecular weight is 367 g/mol. The lowest BCUT2D eigenvalue weighted by molar-refractivity contribution is 0.221. The maximum absolute atomic E-state index is 12.6. The van der Waals surface area contributed by atoms with E-state index in [-0.39, 0.29) is 6.03 Å². The number of urea groups is 1. The van der Waals surface area contributed by atoms with Crippen LogP contribution in [0.4, 0.5) is 10.5 Å². The molecule has 3 heterocycles. The van der Waals surface area contributed by atoms with Gasteiger partial charge in [-0.15, -0.1) is 11.8 Å². The lowest BCUT2D eigenvalue weighted by atomic mass is 10.2. The highest BCUT2D eigenvalue weighted by atomic mass is 32.2. The van der Waals surface area contributed by atoms with Crippen LogP contribution < -0.4 is 5.32 Å². The Morgan fingerprint density at radius 1 is 1.38 bits per heavy atom. The van der Waals surface area contributed by atoms with Crippen molar-refractivity contribution in [3.63, 3.8) is 0 Å². The summed E-state index contributed by atoms with van der Waals surface area (Å²) in [5, 5.41) is 10.9. The molecule has 4 rings (SSSR count). The number of fused-ring (bicyclic) bond motifs is 1. The Labute approximate surface area is 156 Å². The van der Waals surface area contributed by atoms with Crippen LogP contribution in [-0.4, -0.2) is 45.0 Å². The molecule has 134 valence electrons. The van der Waals surface area contributed by atoms with Crippen molar-refractivity contribution in [3.8, 4) is 0 Å². The zero-order valence-electron chi connectivity index (χ0n) is 14.6. The number of nitrogens with one attached hydrogen (secondary N) is 2. The molecular weight excluding hydrogens is 346 g/mol. The van der Waals surface area contributed by atoms with E-state index in [1.165, 1.54) is 4.90 Å². The van der Waals surface area contributed by atoms with E-state index in [9.17, 15) is 4.79 Å². The third-order valence-electron chi connectivity index (χ3n) is 4.65. The van der Waals surface area contributed by atoms with E-state index in [0.717, 1.165) is 36.3 Å². The van der Waals surface area contributed by atoms with E-state index in [2.05, 4.69) is 44.8 Å². The van der Waals surface area contributed by atoms with Crippen molar-refractivity contribution < 1.29 is 4.79 Å². The summed E-state index contributed by atoms with van der Waals surface area (Å²) in [5.41, 5.74) is 2.32.